The lowest BCUT2D eigenvalue weighted by Gasteiger charge is -2.25. The Kier molecular flexibility index (Phi) is 5.86. The summed E-state index contributed by atoms with van der Waals surface area (Å²) in [6.07, 6.45) is 1.06. The maximum atomic E-state index is 12.2. The van der Waals surface area contributed by atoms with Gasteiger partial charge in [0, 0.05) is 11.6 Å². The molecule has 0 fully saturated rings. The third-order valence-corrected chi connectivity index (χ3v) is 3.00. The number of ketones is 1. The number of carbonyl (C=O) groups is 1. The monoisotopic (exact) mass is 249 g/mol. The van der Waals surface area contributed by atoms with Gasteiger partial charge in [-0.15, -0.1) is 0 Å². The molecular weight excluding hydrogens is 226 g/mol. The quantitative estimate of drug-likeness (QED) is 0.696. The van der Waals surface area contributed by atoms with Crippen molar-refractivity contribution in [2.75, 3.05) is 20.2 Å². The maximum absolute atomic E-state index is 12.2. The van der Waals surface area contributed by atoms with Gasteiger partial charge >= 0.3 is 0 Å². The lowest BCUT2D eigenvalue weighted by Crippen LogP contribution is -2.36. The molecule has 0 N–H and O–H groups in total. The van der Waals surface area contributed by atoms with Gasteiger partial charge in [-0.3, -0.25) is 9.69 Å². The number of rotatable bonds is 7. The van der Waals surface area contributed by atoms with Crippen LogP contribution in [0.4, 0.5) is 0 Å². The molecule has 1 aromatic rings. The Morgan fingerprint density at radius 3 is 2.33 bits per heavy atom. The molecule has 1 rings (SSSR count). The van der Waals surface area contributed by atoms with Crippen molar-refractivity contribution in [1.29, 1.82) is 0 Å². The first-order valence-corrected chi connectivity index (χ1v) is 6.49. The summed E-state index contributed by atoms with van der Waals surface area (Å²) in [5, 5.41) is 0. The zero-order valence-corrected chi connectivity index (χ0v) is 11.8. The molecule has 0 heterocycles. The van der Waals surface area contributed by atoms with Crippen LogP contribution in [-0.4, -0.2) is 36.9 Å². The fourth-order valence-corrected chi connectivity index (χ4v) is 1.86. The molecular formula is C15H23NO2. The van der Waals surface area contributed by atoms with Gasteiger partial charge in [-0.05, 0) is 51.1 Å². The van der Waals surface area contributed by atoms with Crippen molar-refractivity contribution in [3.63, 3.8) is 0 Å². The van der Waals surface area contributed by atoms with Crippen molar-refractivity contribution in [3.8, 4) is 5.75 Å². The van der Waals surface area contributed by atoms with Gasteiger partial charge in [-0.25, -0.2) is 0 Å². The largest absolute Gasteiger partial charge is 0.497 e. The van der Waals surface area contributed by atoms with E-state index in [1.54, 1.807) is 7.11 Å². The molecule has 0 spiro atoms. The van der Waals surface area contributed by atoms with E-state index in [1.807, 2.05) is 24.3 Å². The summed E-state index contributed by atoms with van der Waals surface area (Å²) in [5.74, 6) is 0.945. The molecule has 0 aliphatic heterocycles. The molecule has 0 aliphatic carbocycles. The SMILES string of the molecule is CCCN(CC(=O)c1ccc(OC)cc1)C(C)C. The van der Waals surface area contributed by atoms with Gasteiger partial charge in [-0.2, -0.15) is 0 Å². The average molecular weight is 249 g/mol. The predicted octanol–water partition coefficient (Wildman–Crippen LogP) is 3.00. The van der Waals surface area contributed by atoms with Gasteiger partial charge in [0.25, 0.3) is 0 Å². The van der Waals surface area contributed by atoms with Crippen LogP contribution in [0.1, 0.15) is 37.6 Å². The van der Waals surface area contributed by atoms with E-state index in [0.29, 0.717) is 12.6 Å². The molecule has 3 nitrogen and oxygen atoms in total. The lowest BCUT2D eigenvalue weighted by atomic mass is 10.1. The molecule has 0 bridgehead atoms. The summed E-state index contributed by atoms with van der Waals surface area (Å²) in [6, 6.07) is 7.70. The number of hydrogen-bond donors (Lipinski definition) is 0. The highest BCUT2D eigenvalue weighted by molar-refractivity contribution is 5.97. The van der Waals surface area contributed by atoms with Gasteiger partial charge in [0.1, 0.15) is 5.75 Å². The fraction of sp³-hybridized carbons (Fsp3) is 0.533. The standard InChI is InChI=1S/C15H23NO2/c1-5-10-16(12(2)3)11-15(17)13-6-8-14(18-4)9-7-13/h6-9,12H,5,10-11H2,1-4H3. The van der Waals surface area contributed by atoms with Gasteiger partial charge in [0.15, 0.2) is 5.78 Å². The van der Waals surface area contributed by atoms with E-state index in [9.17, 15) is 4.79 Å². The van der Waals surface area contributed by atoms with E-state index in [-0.39, 0.29) is 5.78 Å². The number of methoxy groups -OCH3 is 1. The molecule has 100 valence electrons. The van der Waals surface area contributed by atoms with E-state index in [1.165, 1.54) is 0 Å². The molecule has 0 saturated heterocycles. The lowest BCUT2D eigenvalue weighted by molar-refractivity contribution is 0.0906. The van der Waals surface area contributed by atoms with Crippen molar-refractivity contribution < 1.29 is 9.53 Å². The third kappa shape index (κ3) is 4.15. The molecule has 0 atom stereocenters. The fourth-order valence-electron chi connectivity index (χ4n) is 1.86. The van der Waals surface area contributed by atoms with Crippen LogP contribution >= 0.6 is 0 Å². The Morgan fingerprint density at radius 2 is 1.89 bits per heavy atom. The van der Waals surface area contributed by atoms with Crippen LogP contribution in [0.3, 0.4) is 0 Å². The maximum Gasteiger partial charge on any atom is 0.176 e. The second-order valence-electron chi connectivity index (χ2n) is 4.72. The Balaban J connectivity index is 2.67. The van der Waals surface area contributed by atoms with Gasteiger partial charge < -0.3 is 4.74 Å². The van der Waals surface area contributed by atoms with Crippen LogP contribution in [0.25, 0.3) is 0 Å². The Bertz CT molecular complexity index is 371. The van der Waals surface area contributed by atoms with Crippen molar-refractivity contribution in [2.24, 2.45) is 0 Å². The number of hydrogen-bond acceptors (Lipinski definition) is 3. The van der Waals surface area contributed by atoms with Crippen molar-refractivity contribution in [3.05, 3.63) is 29.8 Å². The summed E-state index contributed by atoms with van der Waals surface area (Å²) in [5.41, 5.74) is 0.748. The molecule has 1 aromatic carbocycles. The van der Waals surface area contributed by atoms with Crippen molar-refractivity contribution >= 4 is 5.78 Å². The van der Waals surface area contributed by atoms with Crippen molar-refractivity contribution in [2.45, 2.75) is 33.2 Å². The van der Waals surface area contributed by atoms with Gasteiger partial charge in [0.2, 0.25) is 0 Å². The third-order valence-electron chi connectivity index (χ3n) is 3.00. The average Bonchev–Trinajstić information content (AvgIpc) is 2.38. The van der Waals surface area contributed by atoms with E-state index < -0.39 is 0 Å². The zero-order valence-electron chi connectivity index (χ0n) is 11.8. The number of ether oxygens (including phenoxy) is 1. The minimum absolute atomic E-state index is 0.166. The Labute approximate surface area is 110 Å². The smallest absolute Gasteiger partial charge is 0.176 e. The summed E-state index contributed by atoms with van der Waals surface area (Å²) in [4.78, 5) is 14.4. The molecule has 18 heavy (non-hydrogen) atoms. The molecule has 0 radical (unpaired) electrons. The topological polar surface area (TPSA) is 29.5 Å². The van der Waals surface area contributed by atoms with Gasteiger partial charge in [-0.1, -0.05) is 6.92 Å². The first-order chi connectivity index (χ1) is 8.58. The van der Waals surface area contributed by atoms with Crippen LogP contribution in [-0.2, 0) is 0 Å². The highest BCUT2D eigenvalue weighted by Crippen LogP contribution is 2.12. The van der Waals surface area contributed by atoms with E-state index in [0.717, 1.165) is 24.3 Å². The summed E-state index contributed by atoms with van der Waals surface area (Å²) >= 11 is 0. The molecule has 0 amide bonds. The molecule has 3 heteroatoms. The van der Waals surface area contributed by atoms with Crippen molar-refractivity contribution in [1.82, 2.24) is 4.90 Å². The Hall–Kier alpha value is -1.35. The summed E-state index contributed by atoms with van der Waals surface area (Å²) < 4.78 is 5.09. The normalized spacial score (nSPS) is 11.0. The molecule has 0 saturated carbocycles. The number of carbonyl (C=O) groups excluding carboxylic acids is 1. The van der Waals surface area contributed by atoms with E-state index in [4.69, 9.17) is 4.74 Å². The zero-order chi connectivity index (χ0) is 13.5. The predicted molar refractivity (Wildman–Crippen MR) is 74.3 cm³/mol. The number of Topliss-reactive ketones (excluding diaryl/α,β-unsaturated/α-hetero) is 1. The highest BCUT2D eigenvalue weighted by Gasteiger charge is 2.14. The second-order valence-corrected chi connectivity index (χ2v) is 4.72. The number of benzene rings is 1. The minimum atomic E-state index is 0.166. The van der Waals surface area contributed by atoms with Crippen LogP contribution in [0.2, 0.25) is 0 Å². The van der Waals surface area contributed by atoms with Crippen LogP contribution in [0.5, 0.6) is 5.75 Å². The molecule has 0 aromatic heterocycles. The van der Waals surface area contributed by atoms with E-state index in [2.05, 4.69) is 25.7 Å². The van der Waals surface area contributed by atoms with Crippen LogP contribution in [0, 0.1) is 0 Å². The molecule has 0 unspecified atom stereocenters. The van der Waals surface area contributed by atoms with E-state index >= 15 is 0 Å². The van der Waals surface area contributed by atoms with Crippen LogP contribution in [0.15, 0.2) is 24.3 Å². The number of nitrogens with zero attached hydrogens (tertiary/aromatic N) is 1. The second kappa shape index (κ2) is 7.17. The van der Waals surface area contributed by atoms with Crippen LogP contribution < -0.4 is 4.74 Å². The van der Waals surface area contributed by atoms with Gasteiger partial charge in [0.05, 0.1) is 13.7 Å². The summed E-state index contributed by atoms with van der Waals surface area (Å²) in [6.45, 7) is 7.82. The summed E-state index contributed by atoms with van der Waals surface area (Å²) in [7, 11) is 1.62. The first kappa shape index (κ1) is 14.7. The minimum Gasteiger partial charge on any atom is -0.497 e. The first-order valence-electron chi connectivity index (χ1n) is 6.49. The molecule has 0 aliphatic rings. The Morgan fingerprint density at radius 1 is 1.28 bits per heavy atom. The highest BCUT2D eigenvalue weighted by atomic mass is 16.5.